The lowest BCUT2D eigenvalue weighted by Crippen LogP contribution is -2.39. The van der Waals surface area contributed by atoms with Gasteiger partial charge in [0, 0.05) is 31.1 Å². The van der Waals surface area contributed by atoms with Crippen LogP contribution in [0.3, 0.4) is 0 Å². The van der Waals surface area contributed by atoms with Crippen molar-refractivity contribution in [3.05, 3.63) is 29.8 Å². The molecule has 1 aliphatic carbocycles. The summed E-state index contributed by atoms with van der Waals surface area (Å²) in [7, 11) is 1.99. The van der Waals surface area contributed by atoms with Crippen LogP contribution in [0.4, 0.5) is 0 Å². The van der Waals surface area contributed by atoms with Crippen LogP contribution in [-0.2, 0) is 11.3 Å². The normalized spacial score (nSPS) is 14.5. The topological polar surface area (TPSA) is 56.7 Å². The van der Waals surface area contributed by atoms with Crippen LogP contribution in [0, 0.1) is 0 Å². The molecule has 1 aliphatic rings. The second kappa shape index (κ2) is 8.82. The molecule has 0 aliphatic heterocycles. The van der Waals surface area contributed by atoms with Crippen LogP contribution in [-0.4, -0.2) is 49.2 Å². The lowest BCUT2D eigenvalue weighted by Gasteiger charge is -2.22. The fourth-order valence-electron chi connectivity index (χ4n) is 2.20. The number of nitrogens with one attached hydrogen (secondary N) is 2. The summed E-state index contributed by atoms with van der Waals surface area (Å²) in [6.45, 7) is 3.74. The van der Waals surface area contributed by atoms with Crippen LogP contribution in [0.5, 0.6) is 0 Å². The first-order valence-corrected chi connectivity index (χ1v) is 9.26. The highest BCUT2D eigenvalue weighted by atomic mass is 32.2. The molecule has 0 spiro atoms. The number of amides is 1. The molecule has 2 N–H and O–H groups in total. The Labute approximate surface area is 142 Å². The first kappa shape index (κ1) is 17.7. The summed E-state index contributed by atoms with van der Waals surface area (Å²) in [5.41, 5.74) is 1.22. The summed E-state index contributed by atoms with van der Waals surface area (Å²) in [5.74, 6) is 0.757. The molecule has 23 heavy (non-hydrogen) atoms. The molecular formula is C17H26N4OS. The third kappa shape index (κ3) is 6.14. The molecule has 0 heterocycles. The number of nitrogens with zero attached hydrogens (tertiary/aromatic N) is 2. The number of hydrogen-bond acceptors (Lipinski definition) is 3. The molecule has 1 aromatic rings. The zero-order valence-electron chi connectivity index (χ0n) is 14.1. The van der Waals surface area contributed by atoms with Crippen molar-refractivity contribution in [2.75, 3.05) is 26.4 Å². The van der Waals surface area contributed by atoms with Gasteiger partial charge < -0.3 is 15.5 Å². The van der Waals surface area contributed by atoms with E-state index in [0.29, 0.717) is 6.04 Å². The fraction of sp³-hybridized carbons (Fsp3) is 0.529. The molecule has 0 aromatic heterocycles. The minimum absolute atomic E-state index is 0.000580. The minimum atomic E-state index is 0.000580. The van der Waals surface area contributed by atoms with E-state index in [2.05, 4.69) is 46.1 Å². The van der Waals surface area contributed by atoms with Crippen molar-refractivity contribution in [2.45, 2.75) is 37.2 Å². The van der Waals surface area contributed by atoms with Gasteiger partial charge in [0.1, 0.15) is 6.54 Å². The molecule has 1 saturated carbocycles. The summed E-state index contributed by atoms with van der Waals surface area (Å²) in [6.07, 6.45) is 4.27. The monoisotopic (exact) mass is 334 g/mol. The summed E-state index contributed by atoms with van der Waals surface area (Å²) in [4.78, 5) is 19.5. The number of rotatable bonds is 7. The number of guanidine groups is 1. The van der Waals surface area contributed by atoms with Crippen LogP contribution in [0.2, 0.25) is 0 Å². The largest absolute Gasteiger partial charge is 0.357 e. The molecule has 5 nitrogen and oxygen atoms in total. The van der Waals surface area contributed by atoms with Gasteiger partial charge in [0.2, 0.25) is 5.91 Å². The Morgan fingerprint density at radius 2 is 2.04 bits per heavy atom. The molecule has 1 aromatic carbocycles. The summed E-state index contributed by atoms with van der Waals surface area (Å²) in [6, 6.07) is 8.90. The molecule has 0 atom stereocenters. The van der Waals surface area contributed by atoms with Gasteiger partial charge in [-0.15, -0.1) is 11.8 Å². The van der Waals surface area contributed by atoms with Gasteiger partial charge in [0.15, 0.2) is 5.96 Å². The maximum atomic E-state index is 11.8. The van der Waals surface area contributed by atoms with Crippen molar-refractivity contribution in [2.24, 2.45) is 4.99 Å². The average Bonchev–Trinajstić information content (AvgIpc) is 3.36. The van der Waals surface area contributed by atoms with Gasteiger partial charge >= 0.3 is 0 Å². The zero-order chi connectivity index (χ0) is 16.7. The number of thioether (sulfide) groups is 1. The highest BCUT2D eigenvalue weighted by Crippen LogP contribution is 2.18. The van der Waals surface area contributed by atoms with Gasteiger partial charge in [-0.3, -0.25) is 4.79 Å². The number of hydrogen-bond donors (Lipinski definition) is 2. The molecule has 0 radical (unpaired) electrons. The van der Waals surface area contributed by atoms with Crippen molar-refractivity contribution >= 4 is 23.6 Å². The van der Waals surface area contributed by atoms with Crippen LogP contribution in [0.25, 0.3) is 0 Å². The third-order valence-electron chi connectivity index (χ3n) is 3.59. The molecule has 0 unspecified atom stereocenters. The fourth-order valence-corrected chi connectivity index (χ4v) is 2.61. The van der Waals surface area contributed by atoms with E-state index in [4.69, 9.17) is 0 Å². The molecular weight excluding hydrogens is 308 g/mol. The Bertz CT molecular complexity index is 540. The molecule has 2 rings (SSSR count). The summed E-state index contributed by atoms with van der Waals surface area (Å²) in [5, 5.41) is 6.20. The van der Waals surface area contributed by atoms with Crippen molar-refractivity contribution in [3.63, 3.8) is 0 Å². The third-order valence-corrected chi connectivity index (χ3v) is 4.33. The molecule has 0 saturated heterocycles. The van der Waals surface area contributed by atoms with E-state index in [-0.39, 0.29) is 12.5 Å². The first-order chi connectivity index (χ1) is 11.1. The van der Waals surface area contributed by atoms with Crippen molar-refractivity contribution in [3.8, 4) is 0 Å². The smallest absolute Gasteiger partial charge is 0.242 e. The van der Waals surface area contributed by atoms with Crippen LogP contribution in [0.15, 0.2) is 34.2 Å². The number of carbonyl (C=O) groups excluding carboxylic acids is 1. The van der Waals surface area contributed by atoms with Gasteiger partial charge in [-0.1, -0.05) is 12.1 Å². The Kier molecular flexibility index (Phi) is 6.77. The van der Waals surface area contributed by atoms with Gasteiger partial charge in [0.05, 0.1) is 0 Å². The second-order valence-corrected chi connectivity index (χ2v) is 6.60. The maximum Gasteiger partial charge on any atom is 0.242 e. The first-order valence-electron chi connectivity index (χ1n) is 8.04. The average molecular weight is 334 g/mol. The van der Waals surface area contributed by atoms with Crippen LogP contribution < -0.4 is 10.6 Å². The van der Waals surface area contributed by atoms with Gasteiger partial charge in [-0.2, -0.15) is 0 Å². The Morgan fingerprint density at radius 3 is 2.61 bits per heavy atom. The minimum Gasteiger partial charge on any atom is -0.357 e. The quantitative estimate of drug-likeness (QED) is 0.455. The number of aliphatic imine (C=N–C) groups is 1. The standard InChI is InChI=1S/C17H26N4OS/c1-4-18-17(19-11-16(22)20-14-7-8-14)21(2)12-13-5-9-15(23-3)10-6-13/h5-6,9-10,14H,4,7-8,11-12H2,1-3H3,(H,18,19)(H,20,22). The van der Waals surface area contributed by atoms with E-state index in [1.54, 1.807) is 11.8 Å². The molecule has 0 bridgehead atoms. The van der Waals surface area contributed by atoms with Gasteiger partial charge in [0.25, 0.3) is 0 Å². The maximum absolute atomic E-state index is 11.8. The van der Waals surface area contributed by atoms with Gasteiger partial charge in [-0.05, 0) is 43.7 Å². The van der Waals surface area contributed by atoms with E-state index >= 15 is 0 Å². The molecule has 6 heteroatoms. The zero-order valence-corrected chi connectivity index (χ0v) is 14.9. The lowest BCUT2D eigenvalue weighted by molar-refractivity contribution is -0.119. The van der Waals surface area contributed by atoms with Crippen molar-refractivity contribution in [1.29, 1.82) is 0 Å². The second-order valence-electron chi connectivity index (χ2n) is 5.72. The van der Waals surface area contributed by atoms with Crippen LogP contribution in [0.1, 0.15) is 25.3 Å². The predicted molar refractivity (Wildman–Crippen MR) is 96.8 cm³/mol. The predicted octanol–water partition coefficient (Wildman–Crippen LogP) is 2.08. The van der Waals surface area contributed by atoms with E-state index in [1.165, 1.54) is 10.5 Å². The highest BCUT2D eigenvalue weighted by molar-refractivity contribution is 7.98. The molecule has 1 fully saturated rings. The van der Waals surface area contributed by atoms with E-state index < -0.39 is 0 Å². The van der Waals surface area contributed by atoms with E-state index in [0.717, 1.165) is 31.9 Å². The Morgan fingerprint density at radius 1 is 1.35 bits per heavy atom. The highest BCUT2D eigenvalue weighted by Gasteiger charge is 2.22. The summed E-state index contributed by atoms with van der Waals surface area (Å²) < 4.78 is 0. The lowest BCUT2D eigenvalue weighted by atomic mass is 10.2. The summed E-state index contributed by atoms with van der Waals surface area (Å²) >= 11 is 1.74. The molecule has 126 valence electrons. The van der Waals surface area contributed by atoms with Crippen molar-refractivity contribution < 1.29 is 4.79 Å². The molecule has 1 amide bonds. The van der Waals surface area contributed by atoms with Crippen LogP contribution >= 0.6 is 11.8 Å². The van der Waals surface area contributed by atoms with Crippen molar-refractivity contribution in [1.82, 2.24) is 15.5 Å². The van der Waals surface area contributed by atoms with E-state index in [1.807, 2.05) is 18.9 Å². The number of carbonyl (C=O) groups is 1. The number of benzene rings is 1. The van der Waals surface area contributed by atoms with Gasteiger partial charge in [-0.25, -0.2) is 4.99 Å². The Hall–Kier alpha value is -1.69. The van der Waals surface area contributed by atoms with E-state index in [9.17, 15) is 4.79 Å². The Balaban J connectivity index is 1.92. The SMILES string of the molecule is CCNC(=NCC(=O)NC1CC1)N(C)Cc1ccc(SC)cc1.